The van der Waals surface area contributed by atoms with Crippen LogP contribution in [-0.2, 0) is 9.59 Å². The van der Waals surface area contributed by atoms with Gasteiger partial charge in [0.1, 0.15) is 11.5 Å². The minimum absolute atomic E-state index is 0.0281. The lowest BCUT2D eigenvalue weighted by Gasteiger charge is -2.30. The number of fused-ring (bicyclic) bond motifs is 1. The van der Waals surface area contributed by atoms with Gasteiger partial charge in [-0.25, -0.2) is 0 Å². The van der Waals surface area contributed by atoms with E-state index >= 15 is 0 Å². The highest BCUT2D eigenvalue weighted by Crippen LogP contribution is 2.36. The lowest BCUT2D eigenvalue weighted by Crippen LogP contribution is -2.39. The van der Waals surface area contributed by atoms with Crippen LogP contribution < -0.4 is 19.7 Å². The molecule has 1 saturated carbocycles. The molecule has 2 aromatic rings. The first-order valence-electron chi connectivity index (χ1n) is 9.26. The number of nitrogens with one attached hydrogen (secondary N) is 1. The lowest BCUT2D eigenvalue weighted by atomic mass is 10.2. The Morgan fingerprint density at radius 1 is 1.19 bits per heavy atom. The van der Waals surface area contributed by atoms with Crippen molar-refractivity contribution in [2.45, 2.75) is 19.3 Å². The molecule has 2 aromatic carbocycles. The first-order valence-corrected chi connectivity index (χ1v) is 9.26. The zero-order valence-electron chi connectivity index (χ0n) is 15.0. The second kappa shape index (κ2) is 7.70. The molecule has 0 atom stereocenters. The Bertz CT molecular complexity index is 833. The molecule has 1 heterocycles. The highest BCUT2D eigenvalue weighted by atomic mass is 16.5. The third-order valence-corrected chi connectivity index (χ3v) is 4.66. The maximum absolute atomic E-state index is 12.3. The molecule has 0 aromatic heterocycles. The van der Waals surface area contributed by atoms with Crippen molar-refractivity contribution in [3.8, 4) is 11.5 Å². The largest absolute Gasteiger partial charge is 0.494 e. The molecule has 140 valence electrons. The molecule has 1 aliphatic heterocycles. The third-order valence-electron chi connectivity index (χ3n) is 4.66. The van der Waals surface area contributed by atoms with E-state index in [0.29, 0.717) is 36.7 Å². The summed E-state index contributed by atoms with van der Waals surface area (Å²) in [5, 5.41) is 2.92. The maximum Gasteiger partial charge on any atom is 0.265 e. The summed E-state index contributed by atoms with van der Waals surface area (Å²) in [6, 6.07) is 15.0. The number of anilines is 2. The van der Waals surface area contributed by atoms with Crippen molar-refractivity contribution in [2.75, 3.05) is 30.0 Å². The van der Waals surface area contributed by atoms with Crippen LogP contribution >= 0.6 is 0 Å². The van der Waals surface area contributed by atoms with Crippen LogP contribution in [-0.4, -0.2) is 31.6 Å². The molecule has 0 radical (unpaired) electrons. The van der Waals surface area contributed by atoms with Crippen LogP contribution in [0.2, 0.25) is 0 Å². The standard InChI is InChI=1S/C21H22N2O4/c24-20-14-27-19-10-9-16(22-21(25)15-7-8-15)13-18(19)23(20)11-4-12-26-17-5-2-1-3-6-17/h1-3,5-6,9-10,13,15H,4,7-8,11-12,14H2,(H,22,25). The van der Waals surface area contributed by atoms with Gasteiger partial charge in [0.25, 0.3) is 5.91 Å². The van der Waals surface area contributed by atoms with Gasteiger partial charge in [0, 0.05) is 18.2 Å². The predicted molar refractivity (Wildman–Crippen MR) is 102 cm³/mol. The molecule has 0 bridgehead atoms. The normalized spacial score (nSPS) is 15.7. The van der Waals surface area contributed by atoms with E-state index in [1.807, 2.05) is 42.5 Å². The summed E-state index contributed by atoms with van der Waals surface area (Å²) in [5.41, 5.74) is 1.38. The van der Waals surface area contributed by atoms with Crippen molar-refractivity contribution < 1.29 is 19.1 Å². The van der Waals surface area contributed by atoms with Gasteiger partial charge in [0.15, 0.2) is 6.61 Å². The summed E-state index contributed by atoms with van der Waals surface area (Å²) >= 11 is 0. The molecule has 2 aliphatic rings. The highest BCUT2D eigenvalue weighted by molar-refractivity contribution is 6.00. The first kappa shape index (κ1) is 17.4. The summed E-state index contributed by atoms with van der Waals surface area (Å²) < 4.78 is 11.2. The molecule has 6 nitrogen and oxygen atoms in total. The number of para-hydroxylation sites is 1. The number of ether oxygens (including phenoxy) is 2. The second-order valence-electron chi connectivity index (χ2n) is 6.80. The smallest absolute Gasteiger partial charge is 0.265 e. The van der Waals surface area contributed by atoms with E-state index in [0.717, 1.165) is 18.6 Å². The Hall–Kier alpha value is -3.02. The molecule has 1 fully saturated rings. The minimum Gasteiger partial charge on any atom is -0.494 e. The van der Waals surface area contributed by atoms with Crippen LogP contribution in [0.4, 0.5) is 11.4 Å². The van der Waals surface area contributed by atoms with Gasteiger partial charge < -0.3 is 19.7 Å². The van der Waals surface area contributed by atoms with E-state index in [1.165, 1.54) is 0 Å². The van der Waals surface area contributed by atoms with Crippen molar-refractivity contribution >= 4 is 23.2 Å². The Morgan fingerprint density at radius 2 is 2.00 bits per heavy atom. The molecule has 6 heteroatoms. The maximum atomic E-state index is 12.3. The predicted octanol–water partition coefficient (Wildman–Crippen LogP) is 3.23. The molecule has 0 spiro atoms. The average molecular weight is 366 g/mol. The van der Waals surface area contributed by atoms with Crippen molar-refractivity contribution in [3.05, 3.63) is 48.5 Å². The molecule has 1 N–H and O–H groups in total. The van der Waals surface area contributed by atoms with Gasteiger partial charge in [0.05, 0.1) is 12.3 Å². The van der Waals surface area contributed by atoms with E-state index in [4.69, 9.17) is 9.47 Å². The van der Waals surface area contributed by atoms with Gasteiger partial charge >= 0.3 is 0 Å². The van der Waals surface area contributed by atoms with Gasteiger partial charge in [-0.05, 0) is 49.6 Å². The first-order chi connectivity index (χ1) is 13.2. The van der Waals surface area contributed by atoms with Crippen LogP contribution in [0.3, 0.4) is 0 Å². The van der Waals surface area contributed by atoms with E-state index in [9.17, 15) is 9.59 Å². The van der Waals surface area contributed by atoms with Gasteiger partial charge in [-0.1, -0.05) is 18.2 Å². The van der Waals surface area contributed by atoms with Crippen molar-refractivity contribution in [3.63, 3.8) is 0 Å². The Kier molecular flexibility index (Phi) is 4.96. The molecule has 1 aliphatic carbocycles. The third kappa shape index (κ3) is 4.22. The van der Waals surface area contributed by atoms with Gasteiger partial charge in [0.2, 0.25) is 5.91 Å². The summed E-state index contributed by atoms with van der Waals surface area (Å²) in [7, 11) is 0. The van der Waals surface area contributed by atoms with Crippen LogP contribution in [0, 0.1) is 5.92 Å². The number of carbonyl (C=O) groups is 2. The van der Waals surface area contributed by atoms with Gasteiger partial charge in [-0.2, -0.15) is 0 Å². The zero-order valence-corrected chi connectivity index (χ0v) is 15.0. The summed E-state index contributed by atoms with van der Waals surface area (Å²) in [5.74, 6) is 1.55. The van der Waals surface area contributed by atoms with Crippen molar-refractivity contribution in [1.29, 1.82) is 0 Å². The average Bonchev–Trinajstić information content (AvgIpc) is 3.53. The Morgan fingerprint density at radius 3 is 2.78 bits per heavy atom. The van der Waals surface area contributed by atoms with Crippen LogP contribution in [0.5, 0.6) is 11.5 Å². The van der Waals surface area contributed by atoms with Crippen molar-refractivity contribution in [1.82, 2.24) is 0 Å². The molecule has 27 heavy (non-hydrogen) atoms. The van der Waals surface area contributed by atoms with Gasteiger partial charge in [-0.3, -0.25) is 9.59 Å². The summed E-state index contributed by atoms with van der Waals surface area (Å²) in [6.45, 7) is 1.07. The molecule has 0 unspecified atom stereocenters. The number of benzene rings is 2. The number of nitrogens with zero attached hydrogens (tertiary/aromatic N) is 1. The summed E-state index contributed by atoms with van der Waals surface area (Å²) in [6.07, 6.45) is 2.59. The fourth-order valence-electron chi connectivity index (χ4n) is 3.04. The minimum atomic E-state index is -0.0899. The van der Waals surface area contributed by atoms with Gasteiger partial charge in [-0.15, -0.1) is 0 Å². The monoisotopic (exact) mass is 366 g/mol. The molecular formula is C21H22N2O4. The number of hydrogen-bond donors (Lipinski definition) is 1. The van der Waals surface area contributed by atoms with E-state index in [1.54, 1.807) is 11.0 Å². The number of carbonyl (C=O) groups excluding carboxylic acids is 2. The fourth-order valence-corrected chi connectivity index (χ4v) is 3.04. The second-order valence-corrected chi connectivity index (χ2v) is 6.80. The van der Waals surface area contributed by atoms with Crippen LogP contribution in [0.25, 0.3) is 0 Å². The lowest BCUT2D eigenvalue weighted by molar-refractivity contribution is -0.121. The van der Waals surface area contributed by atoms with E-state index in [2.05, 4.69) is 5.32 Å². The van der Waals surface area contributed by atoms with E-state index in [-0.39, 0.29) is 24.3 Å². The number of rotatable bonds is 7. The fraction of sp³-hybridized carbons (Fsp3) is 0.333. The molecule has 0 saturated heterocycles. The quantitative estimate of drug-likeness (QED) is 0.764. The Balaban J connectivity index is 1.40. The highest BCUT2D eigenvalue weighted by Gasteiger charge is 2.30. The van der Waals surface area contributed by atoms with Crippen LogP contribution in [0.1, 0.15) is 19.3 Å². The topological polar surface area (TPSA) is 67.9 Å². The van der Waals surface area contributed by atoms with Crippen molar-refractivity contribution in [2.24, 2.45) is 5.92 Å². The number of amides is 2. The SMILES string of the molecule is O=C(Nc1ccc2c(c1)N(CCCOc1ccccc1)C(=O)CO2)C1CC1. The Labute approximate surface area is 158 Å². The summed E-state index contributed by atoms with van der Waals surface area (Å²) in [4.78, 5) is 26.0. The molecule has 2 amide bonds. The molecule has 4 rings (SSSR count). The molecular weight excluding hydrogens is 344 g/mol. The zero-order chi connectivity index (χ0) is 18.6. The van der Waals surface area contributed by atoms with Crippen LogP contribution in [0.15, 0.2) is 48.5 Å². The number of hydrogen-bond acceptors (Lipinski definition) is 4. The van der Waals surface area contributed by atoms with E-state index < -0.39 is 0 Å².